The fraction of sp³-hybridized carbons (Fsp3) is 1.00. The molecule has 0 bridgehead atoms. The van der Waals surface area contributed by atoms with Gasteiger partial charge in [-0.25, -0.2) is 0 Å². The van der Waals surface area contributed by atoms with Crippen LogP contribution >= 0.6 is 12.4 Å². The van der Waals surface area contributed by atoms with Crippen molar-refractivity contribution in [2.45, 2.75) is 129 Å². The second-order valence-corrected chi connectivity index (χ2v) is 7.51. The minimum Gasteiger partial charge on any atom is -0.390 e. The largest absolute Gasteiger partial charge is 0.390 e. The van der Waals surface area contributed by atoms with Crippen molar-refractivity contribution in [2.75, 3.05) is 0 Å². The van der Waals surface area contributed by atoms with E-state index < -0.39 is 5.60 Å². The first-order valence-electron chi connectivity index (χ1n) is 9.78. The molecule has 4 N–H and O–H groups in total. The molecule has 0 aromatic rings. The van der Waals surface area contributed by atoms with Gasteiger partial charge in [0.05, 0.1) is 5.60 Å². The fourth-order valence-electron chi connectivity index (χ4n) is 2.93. The normalized spacial score (nSPS) is 11.0. The molecular weight excluding hydrogens is 306 g/mol. The second kappa shape index (κ2) is 20.3. The summed E-state index contributed by atoms with van der Waals surface area (Å²) in [6.07, 6.45) is 22.0. The lowest BCUT2D eigenvalue weighted by Gasteiger charge is -2.16. The van der Waals surface area contributed by atoms with Gasteiger partial charge in [-0.05, 0) is 20.3 Å². The number of rotatable bonds is 16. The highest BCUT2D eigenvalue weighted by atomic mass is 35.5. The quantitative estimate of drug-likeness (QED) is 0.281. The molecule has 0 atom stereocenters. The number of aliphatic hydroxyl groups is 1. The third-order valence-corrected chi connectivity index (χ3v) is 4.39. The Labute approximate surface area is 153 Å². The average Bonchev–Trinajstić information content (AvgIpc) is 2.42. The third-order valence-electron chi connectivity index (χ3n) is 4.39. The molecule has 0 aliphatic carbocycles. The molecule has 0 saturated heterocycles. The smallest absolute Gasteiger partial charge is 0.0591 e. The predicted molar refractivity (Wildman–Crippen MR) is 108 cm³/mol. The molecular formula is C20H46ClNO. The molecule has 0 radical (unpaired) electrons. The molecule has 0 aromatic carbocycles. The summed E-state index contributed by atoms with van der Waals surface area (Å²) in [5.41, 5.74) is -0.462. The Morgan fingerprint density at radius 3 is 1.09 bits per heavy atom. The lowest BCUT2D eigenvalue weighted by atomic mass is 9.99. The van der Waals surface area contributed by atoms with Gasteiger partial charge in [-0.1, -0.05) is 103 Å². The summed E-state index contributed by atoms with van der Waals surface area (Å²) in [5.74, 6) is 0. The van der Waals surface area contributed by atoms with Crippen molar-refractivity contribution in [1.29, 1.82) is 0 Å². The Kier molecular flexibility index (Phi) is 24.7. The van der Waals surface area contributed by atoms with Crippen LogP contribution in [0.5, 0.6) is 0 Å². The fourth-order valence-corrected chi connectivity index (χ4v) is 2.93. The third kappa shape index (κ3) is 27.4. The molecule has 23 heavy (non-hydrogen) atoms. The van der Waals surface area contributed by atoms with Crippen molar-refractivity contribution in [1.82, 2.24) is 6.15 Å². The van der Waals surface area contributed by atoms with Gasteiger partial charge in [0.25, 0.3) is 0 Å². The Balaban J connectivity index is -0.00000200. The minimum atomic E-state index is -0.462. The Hall–Kier alpha value is 0.210. The van der Waals surface area contributed by atoms with Gasteiger partial charge in [-0.15, -0.1) is 12.4 Å². The molecule has 0 fully saturated rings. The van der Waals surface area contributed by atoms with Gasteiger partial charge in [0.15, 0.2) is 0 Å². The maximum Gasteiger partial charge on any atom is 0.0591 e. The molecule has 3 heteroatoms. The van der Waals surface area contributed by atoms with E-state index in [1.54, 1.807) is 0 Å². The monoisotopic (exact) mass is 351 g/mol. The van der Waals surface area contributed by atoms with Crippen LogP contribution in [0.1, 0.15) is 124 Å². The van der Waals surface area contributed by atoms with Crippen LogP contribution in [0.4, 0.5) is 0 Å². The zero-order valence-corrected chi connectivity index (χ0v) is 17.2. The van der Waals surface area contributed by atoms with E-state index in [0.717, 1.165) is 6.42 Å². The number of hydrogen-bond donors (Lipinski definition) is 2. The Morgan fingerprint density at radius 1 is 0.565 bits per heavy atom. The first-order valence-corrected chi connectivity index (χ1v) is 9.78. The number of hydrogen-bond acceptors (Lipinski definition) is 2. The highest BCUT2D eigenvalue weighted by Gasteiger charge is 2.10. The highest BCUT2D eigenvalue weighted by Crippen LogP contribution is 2.16. The van der Waals surface area contributed by atoms with E-state index in [4.69, 9.17) is 0 Å². The SMILES string of the molecule is CCCCCCCCCCCCCCCCCC(C)(C)O.Cl.N. The molecule has 0 unspecified atom stereocenters. The van der Waals surface area contributed by atoms with E-state index in [9.17, 15) is 5.11 Å². The van der Waals surface area contributed by atoms with Gasteiger partial charge in [0.1, 0.15) is 0 Å². The van der Waals surface area contributed by atoms with Crippen LogP contribution in [0.3, 0.4) is 0 Å². The molecule has 144 valence electrons. The molecule has 0 amide bonds. The van der Waals surface area contributed by atoms with Crippen molar-refractivity contribution in [3.8, 4) is 0 Å². The molecule has 0 spiro atoms. The Morgan fingerprint density at radius 2 is 0.826 bits per heavy atom. The van der Waals surface area contributed by atoms with Gasteiger partial charge < -0.3 is 11.3 Å². The minimum absolute atomic E-state index is 0. The van der Waals surface area contributed by atoms with Crippen LogP contribution in [0, 0.1) is 0 Å². The first-order chi connectivity index (χ1) is 10.1. The van der Waals surface area contributed by atoms with E-state index >= 15 is 0 Å². The van der Waals surface area contributed by atoms with E-state index in [0.29, 0.717) is 0 Å². The zero-order chi connectivity index (χ0) is 15.8. The Bertz CT molecular complexity index is 204. The topological polar surface area (TPSA) is 55.2 Å². The van der Waals surface area contributed by atoms with E-state index in [1.165, 1.54) is 96.3 Å². The van der Waals surface area contributed by atoms with Crippen molar-refractivity contribution >= 4 is 12.4 Å². The summed E-state index contributed by atoms with van der Waals surface area (Å²) < 4.78 is 0. The van der Waals surface area contributed by atoms with E-state index in [2.05, 4.69) is 6.92 Å². The van der Waals surface area contributed by atoms with Crippen molar-refractivity contribution in [3.63, 3.8) is 0 Å². The van der Waals surface area contributed by atoms with Crippen molar-refractivity contribution < 1.29 is 5.11 Å². The van der Waals surface area contributed by atoms with Crippen LogP contribution in [-0.2, 0) is 0 Å². The summed E-state index contributed by atoms with van der Waals surface area (Å²) in [5, 5.41) is 9.62. The van der Waals surface area contributed by atoms with E-state index in [1.807, 2.05) is 13.8 Å². The van der Waals surface area contributed by atoms with Crippen LogP contribution in [0.15, 0.2) is 0 Å². The summed E-state index contributed by atoms with van der Waals surface area (Å²) >= 11 is 0. The molecule has 0 heterocycles. The van der Waals surface area contributed by atoms with Gasteiger partial charge in [0, 0.05) is 0 Å². The standard InChI is InChI=1S/C20H42O.ClH.H3N/c1-4-5-6-7-8-9-10-11-12-13-14-15-16-17-18-19-20(2,3)21;;/h21H,4-19H2,1-3H3;1H;1H3. The van der Waals surface area contributed by atoms with E-state index in [-0.39, 0.29) is 18.6 Å². The molecule has 0 aliphatic rings. The van der Waals surface area contributed by atoms with Crippen molar-refractivity contribution in [2.24, 2.45) is 0 Å². The number of unbranched alkanes of at least 4 members (excludes halogenated alkanes) is 14. The molecule has 0 rings (SSSR count). The van der Waals surface area contributed by atoms with Gasteiger partial charge in [-0.2, -0.15) is 0 Å². The van der Waals surface area contributed by atoms with Gasteiger partial charge in [0.2, 0.25) is 0 Å². The van der Waals surface area contributed by atoms with Gasteiger partial charge in [-0.3, -0.25) is 0 Å². The molecule has 0 saturated carbocycles. The maximum atomic E-state index is 9.62. The second-order valence-electron chi connectivity index (χ2n) is 7.51. The highest BCUT2D eigenvalue weighted by molar-refractivity contribution is 5.85. The van der Waals surface area contributed by atoms with Crippen LogP contribution in [0.2, 0.25) is 0 Å². The predicted octanol–water partition coefficient (Wildman–Crippen LogP) is 7.60. The summed E-state index contributed by atoms with van der Waals surface area (Å²) in [7, 11) is 0. The maximum absolute atomic E-state index is 9.62. The molecule has 2 nitrogen and oxygen atoms in total. The number of halogens is 1. The average molecular weight is 352 g/mol. The first kappa shape index (κ1) is 28.0. The van der Waals surface area contributed by atoms with Gasteiger partial charge >= 0.3 is 0 Å². The van der Waals surface area contributed by atoms with Crippen molar-refractivity contribution in [3.05, 3.63) is 0 Å². The molecule has 0 aromatic heterocycles. The summed E-state index contributed by atoms with van der Waals surface area (Å²) in [6.45, 7) is 6.11. The van der Waals surface area contributed by atoms with Crippen LogP contribution in [-0.4, -0.2) is 10.7 Å². The zero-order valence-electron chi connectivity index (χ0n) is 16.4. The summed E-state index contributed by atoms with van der Waals surface area (Å²) in [4.78, 5) is 0. The lowest BCUT2D eigenvalue weighted by Crippen LogP contribution is -2.17. The lowest BCUT2D eigenvalue weighted by molar-refractivity contribution is 0.0680. The van der Waals surface area contributed by atoms with Crippen LogP contribution in [0.25, 0.3) is 0 Å². The van der Waals surface area contributed by atoms with Crippen LogP contribution < -0.4 is 6.15 Å². The molecule has 0 aliphatic heterocycles. The summed E-state index contributed by atoms with van der Waals surface area (Å²) in [6, 6.07) is 0.